The van der Waals surface area contributed by atoms with Crippen molar-refractivity contribution in [1.29, 1.82) is 0 Å². The highest BCUT2D eigenvalue weighted by Gasteiger charge is 2.26. The molecule has 120 valence electrons. The van der Waals surface area contributed by atoms with Gasteiger partial charge in [0.25, 0.3) is 0 Å². The van der Waals surface area contributed by atoms with Crippen LogP contribution in [0.25, 0.3) is 0 Å². The van der Waals surface area contributed by atoms with Crippen LogP contribution >= 0.6 is 0 Å². The Hall–Kier alpha value is -1.06. The summed E-state index contributed by atoms with van der Waals surface area (Å²) in [5.74, 6) is 1.06. The fourth-order valence-electron chi connectivity index (χ4n) is 4.02. The Morgan fingerprint density at radius 2 is 1.91 bits per heavy atom. The number of hydrogen-bond donors (Lipinski definition) is 1. The van der Waals surface area contributed by atoms with E-state index >= 15 is 0 Å². The lowest BCUT2D eigenvalue weighted by Gasteiger charge is -2.36. The maximum atomic E-state index is 6.03. The molecule has 3 nitrogen and oxygen atoms in total. The van der Waals surface area contributed by atoms with Crippen LogP contribution in [0.2, 0.25) is 0 Å². The molecule has 1 saturated heterocycles. The zero-order valence-corrected chi connectivity index (χ0v) is 13.5. The number of rotatable bonds is 4. The fourth-order valence-corrected chi connectivity index (χ4v) is 4.02. The van der Waals surface area contributed by atoms with E-state index in [1.165, 1.54) is 69.2 Å². The quantitative estimate of drug-likeness (QED) is 0.925. The van der Waals surface area contributed by atoms with E-state index < -0.39 is 0 Å². The van der Waals surface area contributed by atoms with E-state index in [4.69, 9.17) is 4.74 Å². The van der Waals surface area contributed by atoms with Gasteiger partial charge in [-0.2, -0.15) is 0 Å². The summed E-state index contributed by atoms with van der Waals surface area (Å²) in [6, 6.07) is 8.20. The van der Waals surface area contributed by atoms with Crippen LogP contribution in [0.15, 0.2) is 18.2 Å². The molecule has 2 heterocycles. The summed E-state index contributed by atoms with van der Waals surface area (Å²) < 4.78 is 6.03. The molecule has 2 fully saturated rings. The molecule has 0 amide bonds. The van der Waals surface area contributed by atoms with E-state index in [0.29, 0.717) is 6.04 Å². The lowest BCUT2D eigenvalue weighted by molar-refractivity contribution is 0.133. The second-order valence-electron chi connectivity index (χ2n) is 7.16. The highest BCUT2D eigenvalue weighted by atomic mass is 16.5. The van der Waals surface area contributed by atoms with Crippen molar-refractivity contribution >= 4 is 0 Å². The molecular weight excluding hydrogens is 272 g/mol. The molecule has 0 aromatic heterocycles. The van der Waals surface area contributed by atoms with Crippen LogP contribution in [0, 0.1) is 0 Å². The Morgan fingerprint density at radius 1 is 1.05 bits per heavy atom. The molecule has 1 saturated carbocycles. The van der Waals surface area contributed by atoms with E-state index in [2.05, 4.69) is 28.4 Å². The van der Waals surface area contributed by atoms with Crippen molar-refractivity contribution in [1.82, 2.24) is 10.2 Å². The van der Waals surface area contributed by atoms with Crippen LogP contribution < -0.4 is 10.1 Å². The summed E-state index contributed by atoms with van der Waals surface area (Å²) in [6.45, 7) is 4.43. The second-order valence-corrected chi connectivity index (χ2v) is 7.16. The summed E-state index contributed by atoms with van der Waals surface area (Å²) in [7, 11) is 0. The van der Waals surface area contributed by atoms with Crippen LogP contribution in [0.1, 0.15) is 43.2 Å². The zero-order valence-electron chi connectivity index (χ0n) is 13.5. The van der Waals surface area contributed by atoms with Gasteiger partial charge in [-0.1, -0.05) is 12.5 Å². The van der Waals surface area contributed by atoms with E-state index in [-0.39, 0.29) is 0 Å². The number of nitrogens with zero attached hydrogens (tertiary/aromatic N) is 1. The van der Waals surface area contributed by atoms with Gasteiger partial charge in [0.15, 0.2) is 0 Å². The van der Waals surface area contributed by atoms with E-state index in [0.717, 1.165) is 24.9 Å². The van der Waals surface area contributed by atoms with Gasteiger partial charge in [0, 0.05) is 25.2 Å². The SMILES string of the molecule is c1cc2c(cc1OCC1CCCN1)CCN(C1CCC1)CC2. The Kier molecular flexibility index (Phi) is 4.35. The summed E-state index contributed by atoms with van der Waals surface area (Å²) >= 11 is 0. The third-order valence-corrected chi connectivity index (χ3v) is 5.72. The van der Waals surface area contributed by atoms with E-state index in [1.54, 1.807) is 0 Å². The van der Waals surface area contributed by atoms with Gasteiger partial charge in [-0.3, -0.25) is 4.90 Å². The molecule has 1 aromatic carbocycles. The molecule has 0 radical (unpaired) electrons. The number of benzene rings is 1. The lowest BCUT2D eigenvalue weighted by Crippen LogP contribution is -2.41. The first-order chi connectivity index (χ1) is 10.9. The van der Waals surface area contributed by atoms with Crippen LogP contribution in [0.5, 0.6) is 5.75 Å². The smallest absolute Gasteiger partial charge is 0.119 e. The average molecular weight is 300 g/mol. The highest BCUT2D eigenvalue weighted by Crippen LogP contribution is 2.28. The monoisotopic (exact) mass is 300 g/mol. The molecule has 1 atom stereocenters. The Bertz CT molecular complexity index is 506. The fraction of sp³-hybridized carbons (Fsp3) is 0.684. The third kappa shape index (κ3) is 3.16. The lowest BCUT2D eigenvalue weighted by atomic mass is 9.91. The molecule has 22 heavy (non-hydrogen) atoms. The summed E-state index contributed by atoms with van der Waals surface area (Å²) in [6.07, 6.45) is 9.19. The van der Waals surface area contributed by atoms with Crippen molar-refractivity contribution in [3.63, 3.8) is 0 Å². The van der Waals surface area contributed by atoms with Crippen molar-refractivity contribution in [2.75, 3.05) is 26.2 Å². The maximum Gasteiger partial charge on any atom is 0.119 e. The Labute approximate surface area is 134 Å². The minimum Gasteiger partial charge on any atom is -0.492 e. The van der Waals surface area contributed by atoms with E-state index in [9.17, 15) is 0 Å². The molecule has 0 spiro atoms. The molecule has 1 N–H and O–H groups in total. The van der Waals surface area contributed by atoms with Crippen molar-refractivity contribution in [3.8, 4) is 5.75 Å². The third-order valence-electron chi connectivity index (χ3n) is 5.72. The number of hydrogen-bond acceptors (Lipinski definition) is 3. The molecule has 1 aromatic rings. The molecule has 3 aliphatic rings. The van der Waals surface area contributed by atoms with Gasteiger partial charge in [-0.25, -0.2) is 0 Å². The summed E-state index contributed by atoms with van der Waals surface area (Å²) in [4.78, 5) is 2.71. The molecule has 4 rings (SSSR count). The number of fused-ring (bicyclic) bond motifs is 1. The van der Waals surface area contributed by atoms with Gasteiger partial charge >= 0.3 is 0 Å². The Balaban J connectivity index is 1.37. The Morgan fingerprint density at radius 3 is 2.64 bits per heavy atom. The van der Waals surface area contributed by atoms with Gasteiger partial charge in [0.1, 0.15) is 12.4 Å². The van der Waals surface area contributed by atoms with Gasteiger partial charge in [-0.05, 0) is 68.3 Å². The summed E-state index contributed by atoms with van der Waals surface area (Å²) in [5.41, 5.74) is 3.05. The molecule has 1 aliphatic carbocycles. The molecule has 2 aliphatic heterocycles. The normalized spacial score (nSPS) is 26.3. The van der Waals surface area contributed by atoms with Crippen molar-refractivity contribution in [3.05, 3.63) is 29.3 Å². The largest absolute Gasteiger partial charge is 0.492 e. The number of nitrogens with one attached hydrogen (secondary N) is 1. The maximum absolute atomic E-state index is 6.03. The zero-order chi connectivity index (χ0) is 14.8. The van der Waals surface area contributed by atoms with E-state index in [1.807, 2.05) is 0 Å². The second kappa shape index (κ2) is 6.59. The molecule has 1 unspecified atom stereocenters. The average Bonchev–Trinajstić information content (AvgIpc) is 2.92. The van der Waals surface area contributed by atoms with Crippen LogP contribution in [-0.2, 0) is 12.8 Å². The first kappa shape index (κ1) is 14.5. The molecule has 3 heteroatoms. The van der Waals surface area contributed by atoms with Crippen LogP contribution in [0.4, 0.5) is 0 Å². The predicted molar refractivity (Wildman–Crippen MR) is 89.6 cm³/mol. The molecular formula is C19H28N2O. The molecule has 0 bridgehead atoms. The van der Waals surface area contributed by atoms with Crippen molar-refractivity contribution in [2.45, 2.75) is 57.0 Å². The van der Waals surface area contributed by atoms with Crippen molar-refractivity contribution < 1.29 is 4.74 Å². The first-order valence-corrected chi connectivity index (χ1v) is 9.10. The highest BCUT2D eigenvalue weighted by molar-refractivity contribution is 5.37. The van der Waals surface area contributed by atoms with Crippen LogP contribution in [0.3, 0.4) is 0 Å². The topological polar surface area (TPSA) is 24.5 Å². The number of ether oxygens (including phenoxy) is 1. The van der Waals surface area contributed by atoms with Gasteiger partial charge in [0.2, 0.25) is 0 Å². The predicted octanol–water partition coefficient (Wildman–Crippen LogP) is 2.77. The first-order valence-electron chi connectivity index (χ1n) is 9.10. The minimum absolute atomic E-state index is 0.549. The minimum atomic E-state index is 0.549. The standard InChI is InChI=1S/C19H28N2O/c1-4-18(5-1)21-11-8-15-6-7-19(13-16(15)9-12-21)22-14-17-3-2-10-20-17/h6-7,13,17-18,20H,1-5,8-12,14H2. The van der Waals surface area contributed by atoms with Gasteiger partial charge < -0.3 is 10.1 Å². The van der Waals surface area contributed by atoms with Crippen LogP contribution in [-0.4, -0.2) is 43.2 Å². The van der Waals surface area contributed by atoms with Crippen molar-refractivity contribution in [2.24, 2.45) is 0 Å². The summed E-state index contributed by atoms with van der Waals surface area (Å²) in [5, 5.41) is 3.50. The van der Waals surface area contributed by atoms with Gasteiger partial charge in [0.05, 0.1) is 0 Å². The van der Waals surface area contributed by atoms with Gasteiger partial charge in [-0.15, -0.1) is 0 Å².